The third-order valence-electron chi connectivity index (χ3n) is 2.65. The molecule has 0 aromatic carbocycles. The maximum atomic E-state index is 4.64. The molecule has 0 saturated heterocycles. The summed E-state index contributed by atoms with van der Waals surface area (Å²) in [7, 11) is 0. The second-order valence-electron chi connectivity index (χ2n) is 4.54. The molecule has 2 rings (SSSR count). The number of nitrogens with one attached hydrogen (secondary N) is 2. The van der Waals surface area contributed by atoms with Gasteiger partial charge in [-0.3, -0.25) is 0 Å². The molecule has 0 amide bonds. The predicted molar refractivity (Wildman–Crippen MR) is 77.7 cm³/mol. The molecule has 2 heterocycles. The lowest BCUT2D eigenvalue weighted by Gasteiger charge is -2.13. The van der Waals surface area contributed by atoms with Crippen LogP contribution in [0.1, 0.15) is 38.1 Å². The molecule has 2 aromatic heterocycles. The zero-order valence-electron chi connectivity index (χ0n) is 11.7. The fraction of sp³-hybridized carbons (Fsp3) is 0.462. The molecule has 0 fully saturated rings. The van der Waals surface area contributed by atoms with Gasteiger partial charge in [-0.15, -0.1) is 0 Å². The van der Waals surface area contributed by atoms with Gasteiger partial charge in [0.15, 0.2) is 5.16 Å². The van der Waals surface area contributed by atoms with E-state index < -0.39 is 0 Å². The number of aromatic nitrogens is 4. The zero-order valence-corrected chi connectivity index (χ0v) is 12.5. The van der Waals surface area contributed by atoms with Gasteiger partial charge in [0.2, 0.25) is 0 Å². The summed E-state index contributed by atoms with van der Waals surface area (Å²) in [6.07, 6.45) is 3.56. The predicted octanol–water partition coefficient (Wildman–Crippen LogP) is 3.21. The molecule has 5 nitrogen and oxygen atoms in total. The molecular formula is C13H19N5S. The van der Waals surface area contributed by atoms with Crippen LogP contribution in [0.3, 0.4) is 0 Å². The quantitative estimate of drug-likeness (QED) is 0.821. The van der Waals surface area contributed by atoms with E-state index in [-0.39, 0.29) is 0 Å². The van der Waals surface area contributed by atoms with Gasteiger partial charge in [0.25, 0.3) is 0 Å². The summed E-state index contributed by atoms with van der Waals surface area (Å²) < 4.78 is 0. The Labute approximate surface area is 117 Å². The Bertz CT molecular complexity index is 536. The van der Waals surface area contributed by atoms with Gasteiger partial charge in [-0.05, 0) is 25.6 Å². The maximum absolute atomic E-state index is 4.64. The van der Waals surface area contributed by atoms with Gasteiger partial charge in [-0.1, -0.05) is 13.8 Å². The van der Waals surface area contributed by atoms with Gasteiger partial charge < -0.3 is 10.3 Å². The van der Waals surface area contributed by atoms with Gasteiger partial charge in [0.05, 0.1) is 0 Å². The average molecular weight is 277 g/mol. The van der Waals surface area contributed by atoms with Gasteiger partial charge in [-0.2, -0.15) is 0 Å². The molecule has 0 spiro atoms. The van der Waals surface area contributed by atoms with Crippen molar-refractivity contribution in [2.45, 2.75) is 43.8 Å². The number of nitrogens with zero attached hydrogens (tertiary/aromatic N) is 3. The lowest BCUT2D eigenvalue weighted by atomic mass is 10.2. The van der Waals surface area contributed by atoms with Crippen LogP contribution in [0.25, 0.3) is 0 Å². The third-order valence-corrected chi connectivity index (χ3v) is 3.65. The zero-order chi connectivity index (χ0) is 13.8. The maximum Gasteiger partial charge on any atom is 0.171 e. The number of H-pyrrole nitrogens is 1. The molecule has 0 unspecified atom stereocenters. The summed E-state index contributed by atoms with van der Waals surface area (Å²) >= 11 is 1.53. The van der Waals surface area contributed by atoms with E-state index in [0.717, 1.165) is 33.9 Å². The van der Waals surface area contributed by atoms with Crippen molar-refractivity contribution in [2.75, 3.05) is 11.9 Å². The van der Waals surface area contributed by atoms with Gasteiger partial charge in [0, 0.05) is 30.4 Å². The minimum atomic E-state index is 0.300. The van der Waals surface area contributed by atoms with Crippen molar-refractivity contribution >= 4 is 17.6 Å². The number of hydrogen-bond donors (Lipinski definition) is 2. The fourth-order valence-electron chi connectivity index (χ4n) is 1.61. The van der Waals surface area contributed by atoms with Crippen molar-refractivity contribution in [1.29, 1.82) is 0 Å². The molecule has 0 saturated carbocycles. The van der Waals surface area contributed by atoms with Crippen LogP contribution in [0.2, 0.25) is 0 Å². The lowest BCUT2D eigenvalue weighted by molar-refractivity contribution is 0.748. The number of anilines is 1. The average Bonchev–Trinajstić information content (AvgIpc) is 2.87. The summed E-state index contributed by atoms with van der Waals surface area (Å²) in [5, 5.41) is 5.09. The number of aromatic amines is 1. The van der Waals surface area contributed by atoms with Crippen LogP contribution in [0.4, 0.5) is 5.82 Å². The van der Waals surface area contributed by atoms with Crippen molar-refractivity contribution in [3.05, 3.63) is 23.8 Å². The Hall–Kier alpha value is -1.56. The van der Waals surface area contributed by atoms with Gasteiger partial charge in [-0.25, -0.2) is 15.0 Å². The third kappa shape index (κ3) is 3.26. The SMILES string of the molecule is CCNc1nc(C(C)C)nc(Sc2ncc[nH]2)c1C. The summed E-state index contributed by atoms with van der Waals surface area (Å²) in [5.41, 5.74) is 1.06. The molecule has 0 aliphatic rings. The number of hydrogen-bond acceptors (Lipinski definition) is 5. The highest BCUT2D eigenvalue weighted by molar-refractivity contribution is 7.99. The second-order valence-corrected chi connectivity index (χ2v) is 5.52. The van der Waals surface area contributed by atoms with Crippen molar-refractivity contribution in [1.82, 2.24) is 19.9 Å². The van der Waals surface area contributed by atoms with E-state index in [1.807, 2.05) is 13.1 Å². The highest BCUT2D eigenvalue weighted by atomic mass is 32.2. The fourth-order valence-corrected chi connectivity index (χ4v) is 2.42. The van der Waals surface area contributed by atoms with E-state index in [0.29, 0.717) is 5.92 Å². The first kappa shape index (κ1) is 13.9. The molecule has 102 valence electrons. The Morgan fingerprint density at radius 2 is 2.16 bits per heavy atom. The van der Waals surface area contributed by atoms with Crippen LogP contribution in [-0.4, -0.2) is 26.5 Å². The molecular weight excluding hydrogens is 258 g/mol. The van der Waals surface area contributed by atoms with E-state index in [2.05, 4.69) is 46.0 Å². The lowest BCUT2D eigenvalue weighted by Crippen LogP contribution is -2.08. The molecule has 0 aliphatic carbocycles. The second kappa shape index (κ2) is 6.06. The first-order chi connectivity index (χ1) is 9.11. The first-order valence-corrected chi connectivity index (χ1v) is 7.23. The monoisotopic (exact) mass is 277 g/mol. The largest absolute Gasteiger partial charge is 0.370 e. The smallest absolute Gasteiger partial charge is 0.171 e. The van der Waals surface area contributed by atoms with Crippen LogP contribution in [0.5, 0.6) is 0 Å². The van der Waals surface area contributed by atoms with Crippen molar-refractivity contribution in [3.8, 4) is 0 Å². The molecule has 0 bridgehead atoms. The first-order valence-electron chi connectivity index (χ1n) is 6.41. The molecule has 2 N–H and O–H groups in total. The van der Waals surface area contributed by atoms with E-state index >= 15 is 0 Å². The Morgan fingerprint density at radius 3 is 2.74 bits per heavy atom. The summed E-state index contributed by atoms with van der Waals surface area (Å²) in [6.45, 7) is 9.15. The molecule has 19 heavy (non-hydrogen) atoms. The Kier molecular flexibility index (Phi) is 4.42. The van der Waals surface area contributed by atoms with Crippen molar-refractivity contribution in [2.24, 2.45) is 0 Å². The molecule has 6 heteroatoms. The topological polar surface area (TPSA) is 66.5 Å². The van der Waals surface area contributed by atoms with E-state index in [1.165, 1.54) is 11.8 Å². The standard InChI is InChI=1S/C13H19N5S/c1-5-14-11-9(4)12(18-10(17-11)8(2)3)19-13-15-6-7-16-13/h6-8H,5H2,1-4H3,(H,15,16)(H,14,17,18). The van der Waals surface area contributed by atoms with Gasteiger partial charge >= 0.3 is 0 Å². The number of rotatable bonds is 5. The van der Waals surface area contributed by atoms with Crippen LogP contribution in [0, 0.1) is 6.92 Å². The molecule has 0 atom stereocenters. The van der Waals surface area contributed by atoms with E-state index in [1.54, 1.807) is 6.20 Å². The minimum absolute atomic E-state index is 0.300. The van der Waals surface area contributed by atoms with Crippen LogP contribution >= 0.6 is 11.8 Å². The highest BCUT2D eigenvalue weighted by Crippen LogP contribution is 2.30. The Morgan fingerprint density at radius 1 is 1.37 bits per heavy atom. The summed E-state index contributed by atoms with van der Waals surface area (Å²) in [5.74, 6) is 2.07. The molecule has 0 radical (unpaired) electrons. The van der Waals surface area contributed by atoms with E-state index in [4.69, 9.17) is 0 Å². The normalized spacial score (nSPS) is 11.0. The minimum Gasteiger partial charge on any atom is -0.370 e. The van der Waals surface area contributed by atoms with Crippen molar-refractivity contribution < 1.29 is 0 Å². The van der Waals surface area contributed by atoms with Gasteiger partial charge in [0.1, 0.15) is 16.7 Å². The number of imidazole rings is 1. The summed E-state index contributed by atoms with van der Waals surface area (Å²) in [4.78, 5) is 16.5. The molecule has 2 aromatic rings. The molecule has 0 aliphatic heterocycles. The Balaban J connectivity index is 2.39. The van der Waals surface area contributed by atoms with Crippen molar-refractivity contribution in [3.63, 3.8) is 0 Å². The van der Waals surface area contributed by atoms with Crippen LogP contribution in [0.15, 0.2) is 22.6 Å². The van der Waals surface area contributed by atoms with E-state index in [9.17, 15) is 0 Å². The summed E-state index contributed by atoms with van der Waals surface area (Å²) in [6, 6.07) is 0. The van der Waals surface area contributed by atoms with Crippen LogP contribution < -0.4 is 5.32 Å². The van der Waals surface area contributed by atoms with Crippen LogP contribution in [-0.2, 0) is 0 Å². The highest BCUT2D eigenvalue weighted by Gasteiger charge is 2.14.